The second-order valence-electron chi connectivity index (χ2n) is 4.57. The van der Waals surface area contributed by atoms with Gasteiger partial charge in [0.05, 0.1) is 11.9 Å². The maximum absolute atomic E-state index is 12.5. The smallest absolute Gasteiger partial charge is 0.335 e. The average molecular weight is 288 g/mol. The zero-order valence-corrected chi connectivity index (χ0v) is 12.0. The van der Waals surface area contributed by atoms with Crippen molar-refractivity contribution in [2.75, 3.05) is 0 Å². The van der Waals surface area contributed by atoms with E-state index in [-0.39, 0.29) is 18.0 Å². The Hall–Kier alpha value is -2.20. The Morgan fingerprint density at radius 1 is 1.10 bits per heavy atom. The molecule has 0 amide bonds. The zero-order chi connectivity index (χ0) is 13.4. The van der Waals surface area contributed by atoms with Gasteiger partial charge in [-0.05, 0) is 36.2 Å². The van der Waals surface area contributed by atoms with Crippen molar-refractivity contribution in [1.82, 2.24) is 9.55 Å². The molecule has 2 aromatic heterocycles. The van der Waals surface area contributed by atoms with E-state index in [0.717, 1.165) is 11.3 Å². The number of H-pyrrole nitrogens is 1. The maximum Gasteiger partial charge on any atom is 0.335 e. The van der Waals surface area contributed by atoms with Crippen molar-refractivity contribution < 1.29 is 17.4 Å². The molecule has 0 unspecified atom stereocenters. The predicted molar refractivity (Wildman–Crippen MR) is 73.4 cm³/mol. The van der Waals surface area contributed by atoms with Crippen LogP contribution < -0.4 is 23.0 Å². The lowest BCUT2D eigenvalue weighted by atomic mass is 10.2. The molecule has 0 spiro atoms. The van der Waals surface area contributed by atoms with Crippen LogP contribution in [0.4, 0.5) is 0 Å². The van der Waals surface area contributed by atoms with Gasteiger partial charge in [0, 0.05) is 6.92 Å². The molecule has 0 radical (unpaired) electrons. The number of hydrogen-bond acceptors (Lipinski definition) is 2. The van der Waals surface area contributed by atoms with Gasteiger partial charge in [-0.25, -0.2) is 9.55 Å². The van der Waals surface area contributed by atoms with Gasteiger partial charge < -0.3 is 12.4 Å². The first-order valence-electron chi connectivity index (χ1n) is 6.14. The minimum atomic E-state index is -0.0526. The summed E-state index contributed by atoms with van der Waals surface area (Å²) in [6.07, 6.45) is 1.77. The van der Waals surface area contributed by atoms with Crippen LogP contribution >= 0.6 is 0 Å². The third-order valence-corrected chi connectivity index (χ3v) is 3.16. The molecule has 0 saturated heterocycles. The molecule has 0 fully saturated rings. The Morgan fingerprint density at radius 2 is 1.80 bits per heavy atom. The number of rotatable bonds is 1. The van der Waals surface area contributed by atoms with Crippen LogP contribution in [0, 0.1) is 13.8 Å². The van der Waals surface area contributed by atoms with Crippen molar-refractivity contribution in [3.05, 3.63) is 64.3 Å². The van der Waals surface area contributed by atoms with Gasteiger partial charge in [0.2, 0.25) is 5.82 Å². The minimum absolute atomic E-state index is 0. The van der Waals surface area contributed by atoms with Crippen molar-refractivity contribution in [3.8, 4) is 5.69 Å². The molecule has 0 aliphatic heterocycles. The summed E-state index contributed by atoms with van der Waals surface area (Å²) in [7, 11) is 0. The molecule has 0 bridgehead atoms. The molecular weight excluding hydrogens is 274 g/mol. The second kappa shape index (κ2) is 5.43. The first-order chi connectivity index (χ1) is 9.16. The van der Waals surface area contributed by atoms with E-state index in [1.54, 1.807) is 22.9 Å². The maximum atomic E-state index is 12.5. The molecule has 102 valence electrons. The van der Waals surface area contributed by atoms with Crippen LogP contribution in [0.5, 0.6) is 0 Å². The van der Waals surface area contributed by atoms with Crippen molar-refractivity contribution in [3.63, 3.8) is 0 Å². The fourth-order valence-corrected chi connectivity index (χ4v) is 2.17. The summed E-state index contributed by atoms with van der Waals surface area (Å²) in [5.74, 6) is 0.670. The predicted octanol–water partition coefficient (Wildman–Crippen LogP) is -1.18. The Bertz CT molecular complexity index is 809. The van der Waals surface area contributed by atoms with Crippen molar-refractivity contribution in [1.29, 1.82) is 0 Å². The zero-order valence-electron chi connectivity index (χ0n) is 11.2. The molecule has 0 saturated carbocycles. The average Bonchev–Trinajstić information content (AvgIpc) is 2.41. The molecule has 1 aromatic carbocycles. The van der Waals surface area contributed by atoms with E-state index in [0.29, 0.717) is 16.9 Å². The molecular formula is C15H14ClN3O. The number of hydrogen-bond donors (Lipinski definition) is 0. The Kier molecular flexibility index (Phi) is 3.86. The topological polar surface area (TPSA) is 49.0 Å². The number of pyridine rings is 1. The van der Waals surface area contributed by atoms with Gasteiger partial charge >= 0.3 is 5.65 Å². The van der Waals surface area contributed by atoms with E-state index < -0.39 is 0 Å². The quantitative estimate of drug-likeness (QED) is 0.566. The number of aromatic nitrogens is 3. The summed E-state index contributed by atoms with van der Waals surface area (Å²) in [5.41, 5.74) is 2.57. The Labute approximate surface area is 122 Å². The first kappa shape index (κ1) is 14.2. The monoisotopic (exact) mass is 287 g/mol. The normalized spacial score (nSPS) is 10.3. The fourth-order valence-electron chi connectivity index (χ4n) is 2.17. The number of fused-ring (bicyclic) bond motifs is 1. The number of aryl methyl sites for hydroxylation is 2. The molecule has 20 heavy (non-hydrogen) atoms. The second-order valence-corrected chi connectivity index (χ2v) is 4.57. The van der Waals surface area contributed by atoms with E-state index in [2.05, 4.69) is 9.97 Å². The van der Waals surface area contributed by atoms with Crippen molar-refractivity contribution in [2.45, 2.75) is 13.8 Å². The highest BCUT2D eigenvalue weighted by atomic mass is 35.5. The standard InChI is InChI=1S/C15H13N3O.ClH/c1-10-5-7-12(8-6-10)18-11(2)17-14-13(15(18)19)4-3-9-16-14;/h3-9H,1-2H3;1H. The summed E-state index contributed by atoms with van der Waals surface area (Å²) in [4.78, 5) is 20.0. The molecule has 3 rings (SSSR count). The summed E-state index contributed by atoms with van der Waals surface area (Å²) >= 11 is 0. The number of halogens is 1. The van der Waals surface area contributed by atoms with E-state index >= 15 is 0 Å². The minimum Gasteiger partial charge on any atom is -1.00 e. The highest BCUT2D eigenvalue weighted by molar-refractivity contribution is 5.70. The van der Waals surface area contributed by atoms with Crippen LogP contribution in [0.1, 0.15) is 11.4 Å². The lowest BCUT2D eigenvalue weighted by Crippen LogP contribution is -3.00. The molecule has 0 aliphatic carbocycles. The van der Waals surface area contributed by atoms with Crippen LogP contribution in [0.25, 0.3) is 16.7 Å². The van der Waals surface area contributed by atoms with E-state index in [4.69, 9.17) is 0 Å². The molecule has 5 heteroatoms. The highest BCUT2D eigenvalue weighted by Gasteiger charge is 2.15. The number of nitrogens with one attached hydrogen (secondary N) is 1. The third kappa shape index (κ3) is 2.30. The SMILES string of the molecule is Cc1ccc(-n2c(C)nc3[nH+]cccc3c2=O)cc1.[Cl-]. The molecule has 0 aliphatic rings. The Morgan fingerprint density at radius 3 is 2.50 bits per heavy atom. The largest absolute Gasteiger partial charge is 1.00 e. The van der Waals surface area contributed by atoms with Gasteiger partial charge in [-0.1, -0.05) is 17.7 Å². The highest BCUT2D eigenvalue weighted by Crippen LogP contribution is 2.10. The summed E-state index contributed by atoms with van der Waals surface area (Å²) in [6, 6.07) is 11.4. The lowest BCUT2D eigenvalue weighted by Gasteiger charge is -2.06. The van der Waals surface area contributed by atoms with Gasteiger partial charge in [-0.15, -0.1) is 0 Å². The molecule has 4 nitrogen and oxygen atoms in total. The van der Waals surface area contributed by atoms with Crippen LogP contribution in [0.3, 0.4) is 0 Å². The van der Waals surface area contributed by atoms with Crippen molar-refractivity contribution >= 4 is 11.0 Å². The van der Waals surface area contributed by atoms with Crippen LogP contribution in [0.2, 0.25) is 0 Å². The number of benzene rings is 1. The van der Waals surface area contributed by atoms with Crippen LogP contribution in [0.15, 0.2) is 47.4 Å². The van der Waals surface area contributed by atoms with Gasteiger partial charge in [-0.3, -0.25) is 4.79 Å². The van der Waals surface area contributed by atoms with E-state index in [1.165, 1.54) is 0 Å². The fraction of sp³-hybridized carbons (Fsp3) is 0.133. The van der Waals surface area contributed by atoms with Crippen molar-refractivity contribution in [2.24, 2.45) is 0 Å². The van der Waals surface area contributed by atoms with Gasteiger partial charge in [0.15, 0.2) is 0 Å². The van der Waals surface area contributed by atoms with E-state index in [9.17, 15) is 4.79 Å². The molecule has 2 heterocycles. The lowest BCUT2D eigenvalue weighted by molar-refractivity contribution is -0.347. The third-order valence-electron chi connectivity index (χ3n) is 3.16. The van der Waals surface area contributed by atoms with E-state index in [1.807, 2.05) is 38.1 Å². The molecule has 0 atom stereocenters. The molecule has 3 aromatic rings. The summed E-state index contributed by atoms with van der Waals surface area (Å²) in [5, 5.41) is 0.591. The van der Waals surface area contributed by atoms with Crippen LogP contribution in [-0.4, -0.2) is 9.55 Å². The van der Waals surface area contributed by atoms with Crippen LogP contribution in [-0.2, 0) is 0 Å². The summed E-state index contributed by atoms with van der Waals surface area (Å²) in [6.45, 7) is 3.86. The van der Waals surface area contributed by atoms with Gasteiger partial charge in [0.25, 0.3) is 5.56 Å². The molecule has 1 N–H and O–H groups in total. The first-order valence-corrected chi connectivity index (χ1v) is 6.14. The number of aromatic amines is 1. The Balaban J connectivity index is 0.00000147. The summed E-state index contributed by atoms with van der Waals surface area (Å²) < 4.78 is 1.63. The van der Waals surface area contributed by atoms with Gasteiger partial charge in [-0.2, -0.15) is 0 Å². The number of nitrogens with zero attached hydrogens (tertiary/aromatic N) is 2. The van der Waals surface area contributed by atoms with Gasteiger partial charge in [0.1, 0.15) is 5.39 Å².